The van der Waals surface area contributed by atoms with Crippen LogP contribution >= 0.6 is 0 Å². The van der Waals surface area contributed by atoms with Crippen LogP contribution in [0, 0.1) is 5.92 Å². The Bertz CT molecular complexity index is 571. The molecular formula is C17H28N2O3S. The maximum atomic E-state index is 12.0. The Hall–Kier alpha value is -1.40. The van der Waals surface area contributed by atoms with Gasteiger partial charge in [-0.25, -0.2) is 8.42 Å². The highest BCUT2D eigenvalue weighted by Gasteiger charge is 2.19. The Kier molecular flexibility index (Phi) is 8.26. The van der Waals surface area contributed by atoms with Crippen LogP contribution in [-0.4, -0.2) is 38.4 Å². The van der Waals surface area contributed by atoms with Gasteiger partial charge in [0.1, 0.15) is 5.75 Å². The molecule has 6 heteroatoms. The molecule has 5 nitrogen and oxygen atoms in total. The minimum Gasteiger partial charge on any atom is -0.351 e. The van der Waals surface area contributed by atoms with Crippen molar-refractivity contribution < 1.29 is 13.2 Å². The zero-order valence-corrected chi connectivity index (χ0v) is 14.8. The quantitative estimate of drug-likeness (QED) is 0.676. The number of nitrogens with one attached hydrogen (secondary N) is 1. The number of aryl methyl sites for hydroxylation is 1. The van der Waals surface area contributed by atoms with Gasteiger partial charge in [-0.3, -0.25) is 4.79 Å². The standard InChI is InChI=1S/C17H28N2O3S/c1-14(2)11-16(12-18)19-17(20)13-23(21,22)10-6-9-15-7-4-3-5-8-15/h3-5,7-8,14,16H,6,9-13,18H2,1-2H3,(H,19,20). The van der Waals surface area contributed by atoms with Crippen LogP contribution in [0.3, 0.4) is 0 Å². The molecule has 1 atom stereocenters. The van der Waals surface area contributed by atoms with Crippen molar-refractivity contribution in [2.45, 2.75) is 39.2 Å². The molecular weight excluding hydrogens is 312 g/mol. The topological polar surface area (TPSA) is 89.3 Å². The summed E-state index contributed by atoms with van der Waals surface area (Å²) < 4.78 is 24.1. The fraction of sp³-hybridized carbons (Fsp3) is 0.588. The van der Waals surface area contributed by atoms with Crippen LogP contribution < -0.4 is 11.1 Å². The second kappa shape index (κ2) is 9.67. The molecule has 0 aromatic heterocycles. The number of nitrogens with two attached hydrogens (primary N) is 1. The van der Waals surface area contributed by atoms with E-state index in [1.807, 2.05) is 44.2 Å². The van der Waals surface area contributed by atoms with Crippen molar-refractivity contribution in [2.75, 3.05) is 18.1 Å². The molecule has 0 fully saturated rings. The Morgan fingerprint density at radius 1 is 1.22 bits per heavy atom. The van der Waals surface area contributed by atoms with Gasteiger partial charge >= 0.3 is 0 Å². The van der Waals surface area contributed by atoms with Crippen LogP contribution in [0.4, 0.5) is 0 Å². The molecule has 3 N–H and O–H groups in total. The van der Waals surface area contributed by atoms with E-state index in [4.69, 9.17) is 5.73 Å². The number of rotatable bonds is 10. The zero-order valence-electron chi connectivity index (χ0n) is 14.0. The monoisotopic (exact) mass is 340 g/mol. The molecule has 1 unspecified atom stereocenters. The fourth-order valence-electron chi connectivity index (χ4n) is 2.47. The molecule has 0 aliphatic rings. The molecule has 0 heterocycles. The van der Waals surface area contributed by atoms with Crippen molar-refractivity contribution in [3.8, 4) is 0 Å². The Balaban J connectivity index is 2.40. The van der Waals surface area contributed by atoms with Crippen LogP contribution in [0.5, 0.6) is 0 Å². The highest BCUT2D eigenvalue weighted by molar-refractivity contribution is 7.92. The first kappa shape index (κ1) is 19.6. The first-order chi connectivity index (χ1) is 10.8. The van der Waals surface area contributed by atoms with Gasteiger partial charge in [0, 0.05) is 12.6 Å². The number of hydrogen-bond acceptors (Lipinski definition) is 4. The second-order valence-corrected chi connectivity index (χ2v) is 8.49. The van der Waals surface area contributed by atoms with Crippen LogP contribution in [0.2, 0.25) is 0 Å². The van der Waals surface area contributed by atoms with Crippen molar-refractivity contribution >= 4 is 15.7 Å². The average molecular weight is 340 g/mol. The lowest BCUT2D eigenvalue weighted by molar-refractivity contribution is -0.119. The summed E-state index contributed by atoms with van der Waals surface area (Å²) in [6.07, 6.45) is 1.96. The van der Waals surface area contributed by atoms with Gasteiger partial charge in [0.25, 0.3) is 0 Å². The van der Waals surface area contributed by atoms with Crippen LogP contribution in [-0.2, 0) is 21.1 Å². The predicted octanol–water partition coefficient (Wildman–Crippen LogP) is 1.52. The summed E-state index contributed by atoms with van der Waals surface area (Å²) in [5, 5.41) is 2.72. The first-order valence-corrected chi connectivity index (χ1v) is 9.88. The normalized spacial score (nSPS) is 13.0. The third kappa shape index (κ3) is 8.71. The van der Waals surface area contributed by atoms with E-state index in [0.29, 0.717) is 25.3 Å². The third-order valence-corrected chi connectivity index (χ3v) is 5.13. The van der Waals surface area contributed by atoms with Gasteiger partial charge in [-0.15, -0.1) is 0 Å². The molecule has 1 aromatic carbocycles. The molecule has 0 saturated heterocycles. The molecule has 0 saturated carbocycles. The van der Waals surface area contributed by atoms with Crippen molar-refractivity contribution in [3.63, 3.8) is 0 Å². The summed E-state index contributed by atoms with van der Waals surface area (Å²) in [6, 6.07) is 9.56. The van der Waals surface area contributed by atoms with E-state index < -0.39 is 21.5 Å². The summed E-state index contributed by atoms with van der Waals surface area (Å²) in [4.78, 5) is 11.9. The largest absolute Gasteiger partial charge is 0.351 e. The number of benzene rings is 1. The van der Waals surface area contributed by atoms with E-state index in [1.54, 1.807) is 0 Å². The number of amides is 1. The zero-order chi connectivity index (χ0) is 17.3. The summed E-state index contributed by atoms with van der Waals surface area (Å²) in [7, 11) is -3.39. The van der Waals surface area contributed by atoms with Crippen LogP contribution in [0.1, 0.15) is 32.3 Å². The van der Waals surface area contributed by atoms with E-state index in [0.717, 1.165) is 12.0 Å². The molecule has 1 amide bonds. The van der Waals surface area contributed by atoms with Crippen molar-refractivity contribution in [2.24, 2.45) is 11.7 Å². The van der Waals surface area contributed by atoms with Gasteiger partial charge in [-0.1, -0.05) is 44.2 Å². The minimum absolute atomic E-state index is 0.0206. The number of carbonyl (C=O) groups is 1. The average Bonchev–Trinajstić information content (AvgIpc) is 2.46. The minimum atomic E-state index is -3.39. The molecule has 23 heavy (non-hydrogen) atoms. The maximum Gasteiger partial charge on any atom is 0.235 e. The number of hydrogen-bond donors (Lipinski definition) is 2. The van der Waals surface area contributed by atoms with Crippen molar-refractivity contribution in [1.82, 2.24) is 5.32 Å². The van der Waals surface area contributed by atoms with E-state index in [9.17, 15) is 13.2 Å². The summed E-state index contributed by atoms with van der Waals surface area (Å²) in [5.74, 6) is -0.504. The van der Waals surface area contributed by atoms with Gasteiger partial charge in [-0.2, -0.15) is 0 Å². The first-order valence-electron chi connectivity index (χ1n) is 8.06. The van der Waals surface area contributed by atoms with E-state index in [2.05, 4.69) is 5.32 Å². The van der Waals surface area contributed by atoms with E-state index in [1.165, 1.54) is 0 Å². The molecule has 0 aliphatic heterocycles. The molecule has 0 spiro atoms. The van der Waals surface area contributed by atoms with Crippen LogP contribution in [0.25, 0.3) is 0 Å². The highest BCUT2D eigenvalue weighted by Crippen LogP contribution is 2.06. The number of sulfone groups is 1. The molecule has 1 aromatic rings. The molecule has 0 radical (unpaired) electrons. The smallest absolute Gasteiger partial charge is 0.235 e. The van der Waals surface area contributed by atoms with E-state index >= 15 is 0 Å². The Labute approximate surface area is 139 Å². The van der Waals surface area contributed by atoms with Gasteiger partial charge in [0.2, 0.25) is 5.91 Å². The maximum absolute atomic E-state index is 12.0. The lowest BCUT2D eigenvalue weighted by atomic mass is 10.0. The summed E-state index contributed by atoms with van der Waals surface area (Å²) in [6.45, 7) is 4.39. The van der Waals surface area contributed by atoms with Gasteiger partial charge in [0.15, 0.2) is 9.84 Å². The number of carbonyl (C=O) groups excluding carboxylic acids is 1. The SMILES string of the molecule is CC(C)CC(CN)NC(=O)CS(=O)(=O)CCCc1ccccc1. The lowest BCUT2D eigenvalue weighted by Gasteiger charge is -2.18. The second-order valence-electron chi connectivity index (χ2n) is 6.31. The molecule has 0 bridgehead atoms. The van der Waals surface area contributed by atoms with Gasteiger partial charge < -0.3 is 11.1 Å². The molecule has 0 aliphatic carbocycles. The fourth-order valence-corrected chi connectivity index (χ4v) is 3.68. The van der Waals surface area contributed by atoms with Crippen LogP contribution in [0.15, 0.2) is 30.3 Å². The molecule has 130 valence electrons. The lowest BCUT2D eigenvalue weighted by Crippen LogP contribution is -2.43. The van der Waals surface area contributed by atoms with Gasteiger partial charge in [0.05, 0.1) is 5.75 Å². The highest BCUT2D eigenvalue weighted by atomic mass is 32.2. The third-order valence-electron chi connectivity index (χ3n) is 3.52. The van der Waals surface area contributed by atoms with Crippen molar-refractivity contribution in [1.29, 1.82) is 0 Å². The van der Waals surface area contributed by atoms with Gasteiger partial charge in [-0.05, 0) is 30.7 Å². The summed E-state index contributed by atoms with van der Waals surface area (Å²) in [5.41, 5.74) is 6.72. The summed E-state index contributed by atoms with van der Waals surface area (Å²) >= 11 is 0. The Morgan fingerprint density at radius 2 is 1.87 bits per heavy atom. The van der Waals surface area contributed by atoms with E-state index in [-0.39, 0.29) is 11.8 Å². The Morgan fingerprint density at radius 3 is 2.43 bits per heavy atom. The predicted molar refractivity (Wildman–Crippen MR) is 93.9 cm³/mol. The molecule has 1 rings (SSSR count). The van der Waals surface area contributed by atoms with Crippen molar-refractivity contribution in [3.05, 3.63) is 35.9 Å².